The molecule has 4 nitrogen and oxygen atoms in total. The molecule has 0 radical (unpaired) electrons. The van der Waals surface area contributed by atoms with Gasteiger partial charge in [-0.2, -0.15) is 0 Å². The third-order valence-electron chi connectivity index (χ3n) is 2.19. The lowest BCUT2D eigenvalue weighted by Crippen LogP contribution is -2.05. The Hall–Kier alpha value is -2.10. The van der Waals surface area contributed by atoms with E-state index < -0.39 is 0 Å². The van der Waals surface area contributed by atoms with Crippen molar-refractivity contribution in [2.24, 2.45) is 0 Å². The maximum atomic E-state index is 5.63. The molecule has 0 aliphatic rings. The van der Waals surface area contributed by atoms with Crippen molar-refractivity contribution in [2.45, 2.75) is 20.0 Å². The number of aromatic nitrogens is 2. The number of nitrogens with zero attached hydrogens (tertiary/aromatic N) is 2. The molecule has 4 heteroatoms. The fourth-order valence-corrected chi connectivity index (χ4v) is 1.50. The molecule has 1 aromatic carbocycles. The van der Waals surface area contributed by atoms with Crippen LogP contribution in [0.3, 0.4) is 0 Å². The molecular formula is C13H15N3O. The molecule has 2 N–H and O–H groups in total. The molecule has 0 atom stereocenters. The van der Waals surface area contributed by atoms with Gasteiger partial charge < -0.3 is 10.5 Å². The Morgan fingerprint density at radius 2 is 1.94 bits per heavy atom. The molecule has 0 unspecified atom stereocenters. The van der Waals surface area contributed by atoms with Crippen LogP contribution in [0.5, 0.6) is 5.75 Å². The third-order valence-corrected chi connectivity index (χ3v) is 2.19. The number of benzene rings is 1. The van der Waals surface area contributed by atoms with Gasteiger partial charge in [-0.1, -0.05) is 12.1 Å². The summed E-state index contributed by atoms with van der Waals surface area (Å²) in [5.41, 5.74) is 7.26. The molecular weight excluding hydrogens is 214 g/mol. The predicted molar refractivity (Wildman–Crippen MR) is 67.6 cm³/mol. The summed E-state index contributed by atoms with van der Waals surface area (Å²) in [6, 6.07) is 11.3. The maximum absolute atomic E-state index is 5.63. The van der Waals surface area contributed by atoms with Crippen molar-refractivity contribution in [3.63, 3.8) is 0 Å². The largest absolute Gasteiger partial charge is 0.491 e. The SMILES string of the molecule is CC(C)Oc1cccc(-c2ccc(N)nn2)c1. The topological polar surface area (TPSA) is 61.0 Å². The molecule has 0 saturated carbocycles. The molecule has 2 rings (SSSR count). The number of anilines is 1. The molecule has 0 aliphatic heterocycles. The standard InChI is InChI=1S/C13H15N3O/c1-9(2)17-11-5-3-4-10(8-11)12-6-7-13(14)16-15-12/h3-9H,1-2H3,(H2,14,16). The molecule has 1 aromatic heterocycles. The van der Waals surface area contributed by atoms with Gasteiger partial charge in [0.25, 0.3) is 0 Å². The summed E-state index contributed by atoms with van der Waals surface area (Å²) in [7, 11) is 0. The molecule has 0 spiro atoms. The monoisotopic (exact) mass is 229 g/mol. The van der Waals surface area contributed by atoms with Gasteiger partial charge in [0.1, 0.15) is 11.6 Å². The number of rotatable bonds is 3. The van der Waals surface area contributed by atoms with Crippen LogP contribution in [-0.2, 0) is 0 Å². The van der Waals surface area contributed by atoms with E-state index in [0.717, 1.165) is 17.0 Å². The lowest BCUT2D eigenvalue weighted by Gasteiger charge is -2.10. The van der Waals surface area contributed by atoms with Crippen molar-refractivity contribution in [1.29, 1.82) is 0 Å². The van der Waals surface area contributed by atoms with Crippen LogP contribution in [0.15, 0.2) is 36.4 Å². The van der Waals surface area contributed by atoms with E-state index in [-0.39, 0.29) is 6.10 Å². The van der Waals surface area contributed by atoms with Crippen LogP contribution < -0.4 is 10.5 Å². The predicted octanol–water partition coefficient (Wildman–Crippen LogP) is 2.51. The van der Waals surface area contributed by atoms with Crippen molar-refractivity contribution in [2.75, 3.05) is 5.73 Å². The molecule has 0 fully saturated rings. The van der Waals surface area contributed by atoms with Gasteiger partial charge in [0, 0.05) is 5.56 Å². The first kappa shape index (κ1) is 11.4. The summed E-state index contributed by atoms with van der Waals surface area (Å²) in [5, 5.41) is 7.87. The fraction of sp³-hybridized carbons (Fsp3) is 0.231. The van der Waals surface area contributed by atoms with Gasteiger partial charge in [-0.15, -0.1) is 10.2 Å². The van der Waals surface area contributed by atoms with Crippen LogP contribution in [0.4, 0.5) is 5.82 Å². The quantitative estimate of drug-likeness (QED) is 0.878. The maximum Gasteiger partial charge on any atom is 0.146 e. The minimum atomic E-state index is 0.155. The molecule has 1 heterocycles. The molecule has 17 heavy (non-hydrogen) atoms. The van der Waals surface area contributed by atoms with Gasteiger partial charge in [0.2, 0.25) is 0 Å². The summed E-state index contributed by atoms with van der Waals surface area (Å²) in [4.78, 5) is 0. The molecule has 2 aromatic rings. The number of nitrogens with two attached hydrogens (primary N) is 1. The van der Waals surface area contributed by atoms with E-state index in [0.29, 0.717) is 5.82 Å². The Balaban J connectivity index is 2.29. The van der Waals surface area contributed by atoms with Crippen molar-refractivity contribution in [3.05, 3.63) is 36.4 Å². The second kappa shape index (κ2) is 4.82. The van der Waals surface area contributed by atoms with Gasteiger partial charge in [0.15, 0.2) is 0 Å². The Kier molecular flexibility index (Phi) is 3.23. The Morgan fingerprint density at radius 1 is 1.12 bits per heavy atom. The summed E-state index contributed by atoms with van der Waals surface area (Å²) in [5.74, 6) is 1.25. The number of hydrogen-bond donors (Lipinski definition) is 1. The van der Waals surface area contributed by atoms with Crippen molar-refractivity contribution < 1.29 is 4.74 Å². The van der Waals surface area contributed by atoms with Gasteiger partial charge in [0.05, 0.1) is 11.8 Å². The highest BCUT2D eigenvalue weighted by Crippen LogP contribution is 2.22. The smallest absolute Gasteiger partial charge is 0.146 e. The van der Waals surface area contributed by atoms with E-state index in [4.69, 9.17) is 10.5 Å². The second-order valence-electron chi connectivity index (χ2n) is 4.04. The summed E-state index contributed by atoms with van der Waals surface area (Å²) in [6.07, 6.45) is 0.155. The lowest BCUT2D eigenvalue weighted by molar-refractivity contribution is 0.242. The lowest BCUT2D eigenvalue weighted by atomic mass is 10.1. The Morgan fingerprint density at radius 3 is 2.59 bits per heavy atom. The molecule has 88 valence electrons. The zero-order chi connectivity index (χ0) is 12.3. The first-order valence-corrected chi connectivity index (χ1v) is 5.51. The highest BCUT2D eigenvalue weighted by atomic mass is 16.5. The fourth-order valence-electron chi connectivity index (χ4n) is 1.50. The van der Waals surface area contributed by atoms with Crippen LogP contribution in [0, 0.1) is 0 Å². The summed E-state index contributed by atoms with van der Waals surface area (Å²) in [6.45, 7) is 3.99. The van der Waals surface area contributed by atoms with Gasteiger partial charge in [-0.05, 0) is 38.1 Å². The number of hydrogen-bond acceptors (Lipinski definition) is 4. The summed E-state index contributed by atoms with van der Waals surface area (Å²) < 4.78 is 5.63. The number of ether oxygens (including phenoxy) is 1. The Bertz CT molecular complexity index is 494. The van der Waals surface area contributed by atoms with Gasteiger partial charge in [-0.3, -0.25) is 0 Å². The minimum Gasteiger partial charge on any atom is -0.491 e. The second-order valence-corrected chi connectivity index (χ2v) is 4.04. The van der Waals surface area contributed by atoms with Crippen LogP contribution in [0.2, 0.25) is 0 Å². The van der Waals surface area contributed by atoms with Crippen molar-refractivity contribution in [1.82, 2.24) is 10.2 Å². The van der Waals surface area contributed by atoms with E-state index in [1.54, 1.807) is 6.07 Å². The number of nitrogen functional groups attached to an aromatic ring is 1. The zero-order valence-corrected chi connectivity index (χ0v) is 9.92. The van der Waals surface area contributed by atoms with Crippen molar-refractivity contribution in [3.8, 4) is 17.0 Å². The highest BCUT2D eigenvalue weighted by Gasteiger charge is 2.03. The van der Waals surface area contributed by atoms with E-state index in [1.807, 2.05) is 44.2 Å². The van der Waals surface area contributed by atoms with E-state index in [2.05, 4.69) is 10.2 Å². The molecule has 0 saturated heterocycles. The van der Waals surface area contributed by atoms with E-state index in [1.165, 1.54) is 0 Å². The first-order chi connectivity index (χ1) is 8.15. The molecule has 0 amide bonds. The average molecular weight is 229 g/mol. The molecule has 0 bridgehead atoms. The minimum absolute atomic E-state index is 0.155. The third kappa shape index (κ3) is 2.93. The highest BCUT2D eigenvalue weighted by molar-refractivity contribution is 5.61. The summed E-state index contributed by atoms with van der Waals surface area (Å²) >= 11 is 0. The Labute approximate surface area is 100 Å². The van der Waals surface area contributed by atoms with Crippen LogP contribution in [-0.4, -0.2) is 16.3 Å². The van der Waals surface area contributed by atoms with Gasteiger partial charge in [-0.25, -0.2) is 0 Å². The van der Waals surface area contributed by atoms with Gasteiger partial charge >= 0.3 is 0 Å². The van der Waals surface area contributed by atoms with Crippen LogP contribution in [0.25, 0.3) is 11.3 Å². The van der Waals surface area contributed by atoms with E-state index in [9.17, 15) is 0 Å². The zero-order valence-electron chi connectivity index (χ0n) is 9.92. The van der Waals surface area contributed by atoms with Crippen LogP contribution in [0.1, 0.15) is 13.8 Å². The first-order valence-electron chi connectivity index (χ1n) is 5.51. The van der Waals surface area contributed by atoms with Crippen molar-refractivity contribution >= 4 is 5.82 Å². The van der Waals surface area contributed by atoms with E-state index >= 15 is 0 Å². The molecule has 0 aliphatic carbocycles. The van der Waals surface area contributed by atoms with Crippen LogP contribution >= 0.6 is 0 Å². The normalized spacial score (nSPS) is 10.5. The average Bonchev–Trinajstić information content (AvgIpc) is 2.29.